The third-order valence-corrected chi connectivity index (χ3v) is 5.77. The fourth-order valence-electron chi connectivity index (χ4n) is 3.98. The van der Waals surface area contributed by atoms with Gasteiger partial charge in [0.05, 0.1) is 6.20 Å². The number of imidazole rings is 1. The van der Waals surface area contributed by atoms with Gasteiger partial charge < -0.3 is 16.4 Å². The molecule has 0 aliphatic heterocycles. The first kappa shape index (κ1) is 23.6. The van der Waals surface area contributed by atoms with Crippen molar-refractivity contribution in [3.8, 4) is 11.3 Å². The second kappa shape index (κ2) is 9.86. The van der Waals surface area contributed by atoms with Crippen LogP contribution in [-0.4, -0.2) is 31.2 Å². The summed E-state index contributed by atoms with van der Waals surface area (Å²) < 4.78 is 15.1. The number of nitrogen functional groups attached to an aromatic ring is 1. The van der Waals surface area contributed by atoms with Crippen LogP contribution in [0.4, 0.5) is 16.0 Å². The number of hydrogen-bond donors (Lipinski definition) is 3. The summed E-state index contributed by atoms with van der Waals surface area (Å²) in [4.78, 5) is 38.4. The van der Waals surface area contributed by atoms with Crippen molar-refractivity contribution in [2.45, 2.75) is 13.5 Å². The molecule has 0 atom stereocenters. The van der Waals surface area contributed by atoms with Crippen molar-refractivity contribution < 1.29 is 14.0 Å². The maximum absolute atomic E-state index is 13.4. The smallest absolute Gasteiger partial charge is 0.270 e. The maximum Gasteiger partial charge on any atom is 0.270 e. The predicted molar refractivity (Wildman–Crippen MR) is 137 cm³/mol. The first-order valence-electron chi connectivity index (χ1n) is 11.4. The van der Waals surface area contributed by atoms with Gasteiger partial charge in [-0.25, -0.2) is 19.3 Å². The van der Waals surface area contributed by atoms with E-state index in [1.165, 1.54) is 18.5 Å². The molecule has 0 saturated heterocycles. The highest BCUT2D eigenvalue weighted by Gasteiger charge is 2.20. The molecule has 2 aromatic carbocycles. The van der Waals surface area contributed by atoms with E-state index in [2.05, 4.69) is 25.6 Å². The van der Waals surface area contributed by atoms with Gasteiger partial charge in [0.25, 0.3) is 11.8 Å². The fraction of sp³-hybridized carbons (Fsp3) is 0.0741. The molecular formula is C27H22FN7O2. The molecular weight excluding hydrogens is 473 g/mol. The molecule has 3 aromatic heterocycles. The highest BCUT2D eigenvalue weighted by molar-refractivity contribution is 6.04. The second-order valence-electron chi connectivity index (χ2n) is 8.28. The van der Waals surface area contributed by atoms with Crippen LogP contribution in [0, 0.1) is 12.7 Å². The Bertz CT molecular complexity index is 1620. The summed E-state index contributed by atoms with van der Waals surface area (Å²) >= 11 is 0. The summed E-state index contributed by atoms with van der Waals surface area (Å²) in [6.07, 6.45) is 2.70. The van der Waals surface area contributed by atoms with E-state index in [1.807, 2.05) is 30.3 Å². The van der Waals surface area contributed by atoms with Gasteiger partial charge in [-0.1, -0.05) is 42.5 Å². The Balaban J connectivity index is 1.42. The lowest BCUT2D eigenvalue weighted by Gasteiger charge is -2.10. The molecule has 0 aliphatic rings. The Morgan fingerprint density at radius 2 is 1.76 bits per heavy atom. The molecule has 5 rings (SSSR count). The first-order chi connectivity index (χ1) is 17.9. The van der Waals surface area contributed by atoms with E-state index in [1.54, 1.807) is 35.6 Å². The largest absolute Gasteiger partial charge is 0.382 e. The van der Waals surface area contributed by atoms with Gasteiger partial charge in [0.2, 0.25) is 0 Å². The zero-order valence-electron chi connectivity index (χ0n) is 19.8. The second-order valence-corrected chi connectivity index (χ2v) is 8.28. The third kappa shape index (κ3) is 4.85. The lowest BCUT2D eigenvalue weighted by atomic mass is 10.1. The van der Waals surface area contributed by atoms with E-state index in [4.69, 9.17) is 5.73 Å². The van der Waals surface area contributed by atoms with Crippen LogP contribution in [0.1, 0.15) is 32.2 Å². The molecule has 10 heteroatoms. The van der Waals surface area contributed by atoms with Crippen LogP contribution in [0.15, 0.2) is 79.1 Å². The zero-order valence-corrected chi connectivity index (χ0v) is 19.8. The molecule has 5 aromatic rings. The van der Waals surface area contributed by atoms with Crippen molar-refractivity contribution >= 4 is 29.0 Å². The number of hydrogen-bond acceptors (Lipinski definition) is 6. The molecule has 0 saturated carbocycles. The summed E-state index contributed by atoms with van der Waals surface area (Å²) in [7, 11) is 0. The number of carbonyl (C=O) groups is 2. The molecule has 0 bridgehead atoms. The highest BCUT2D eigenvalue weighted by Crippen LogP contribution is 2.29. The number of benzene rings is 2. The molecule has 184 valence electrons. The minimum absolute atomic E-state index is 0.113. The van der Waals surface area contributed by atoms with E-state index in [0.717, 1.165) is 11.6 Å². The Labute approximate surface area is 211 Å². The number of halogens is 1. The molecule has 0 spiro atoms. The average molecular weight is 496 g/mol. The van der Waals surface area contributed by atoms with E-state index in [9.17, 15) is 14.0 Å². The fourth-order valence-corrected chi connectivity index (χ4v) is 3.98. The Morgan fingerprint density at radius 3 is 2.49 bits per heavy atom. The zero-order chi connectivity index (χ0) is 25.9. The summed E-state index contributed by atoms with van der Waals surface area (Å²) in [5.41, 5.74) is 9.53. The van der Waals surface area contributed by atoms with E-state index < -0.39 is 11.7 Å². The normalized spacial score (nSPS) is 10.9. The first-order valence-corrected chi connectivity index (χ1v) is 11.4. The molecule has 37 heavy (non-hydrogen) atoms. The molecule has 0 unspecified atom stereocenters. The number of pyridine rings is 1. The van der Waals surface area contributed by atoms with E-state index in [-0.39, 0.29) is 17.5 Å². The van der Waals surface area contributed by atoms with Gasteiger partial charge in [-0.05, 0) is 30.7 Å². The van der Waals surface area contributed by atoms with Crippen molar-refractivity contribution in [2.24, 2.45) is 0 Å². The number of rotatable bonds is 6. The number of nitrogens with one attached hydrogen (secondary N) is 2. The van der Waals surface area contributed by atoms with Crippen LogP contribution in [0.5, 0.6) is 0 Å². The van der Waals surface area contributed by atoms with Gasteiger partial charge in [-0.2, -0.15) is 0 Å². The predicted octanol–water partition coefficient (Wildman–Crippen LogP) is 4.00. The maximum atomic E-state index is 13.4. The van der Waals surface area contributed by atoms with Crippen molar-refractivity contribution in [2.75, 3.05) is 11.1 Å². The van der Waals surface area contributed by atoms with Gasteiger partial charge in [-0.3, -0.25) is 14.0 Å². The minimum atomic E-state index is -0.498. The quantitative estimate of drug-likeness (QED) is 0.327. The Morgan fingerprint density at radius 1 is 1.00 bits per heavy atom. The molecule has 3 heterocycles. The van der Waals surface area contributed by atoms with E-state index in [0.29, 0.717) is 40.4 Å². The molecule has 0 aliphatic carbocycles. The standard InChI is InChI=1S/C27H22FN7O2/c1-16-33-23(18-7-9-19(10-8-18)26(36)34-22-13-20(28)11-12-30-22)24-25(29)31-15-21(35(16)24)27(37)32-14-17-5-3-2-4-6-17/h2-13,15H,14H2,1H3,(H2,29,31)(H,32,37)(H,30,34,36). The van der Waals surface area contributed by atoms with Crippen molar-refractivity contribution in [1.82, 2.24) is 24.7 Å². The molecule has 2 amide bonds. The van der Waals surface area contributed by atoms with Crippen LogP contribution in [0.3, 0.4) is 0 Å². The third-order valence-electron chi connectivity index (χ3n) is 5.77. The van der Waals surface area contributed by atoms with Crippen molar-refractivity contribution in [1.29, 1.82) is 0 Å². The van der Waals surface area contributed by atoms with Crippen LogP contribution in [0.25, 0.3) is 16.8 Å². The number of anilines is 2. The van der Waals surface area contributed by atoms with Crippen LogP contribution < -0.4 is 16.4 Å². The number of carbonyl (C=O) groups excluding carboxylic acids is 2. The van der Waals surface area contributed by atoms with E-state index >= 15 is 0 Å². The van der Waals surface area contributed by atoms with Crippen molar-refractivity contribution in [3.63, 3.8) is 0 Å². The molecule has 0 fully saturated rings. The number of nitrogens with zero attached hydrogens (tertiary/aromatic N) is 4. The summed E-state index contributed by atoms with van der Waals surface area (Å²) in [6.45, 7) is 2.14. The topological polar surface area (TPSA) is 127 Å². The number of aromatic nitrogens is 4. The summed E-state index contributed by atoms with van der Waals surface area (Å²) in [5, 5.41) is 5.47. The number of amides is 2. The van der Waals surface area contributed by atoms with Gasteiger partial charge >= 0.3 is 0 Å². The summed E-state index contributed by atoms with van der Waals surface area (Å²) in [6, 6.07) is 18.6. The number of fused-ring (bicyclic) bond motifs is 1. The van der Waals surface area contributed by atoms with Gasteiger partial charge in [0.1, 0.15) is 40.2 Å². The Kier molecular flexibility index (Phi) is 6.29. The Hall–Kier alpha value is -5.12. The minimum Gasteiger partial charge on any atom is -0.382 e. The summed E-state index contributed by atoms with van der Waals surface area (Å²) in [5.74, 6) is -0.360. The van der Waals surface area contributed by atoms with Gasteiger partial charge in [0, 0.05) is 29.9 Å². The van der Waals surface area contributed by atoms with Gasteiger partial charge in [0.15, 0.2) is 0 Å². The lowest BCUT2D eigenvalue weighted by molar-refractivity contribution is 0.0943. The molecule has 9 nitrogen and oxygen atoms in total. The SMILES string of the molecule is Cc1nc(-c2ccc(C(=O)Nc3cc(F)ccn3)cc2)c2c(N)ncc(C(=O)NCc3ccccc3)n12. The van der Waals surface area contributed by atoms with Gasteiger partial charge in [-0.15, -0.1) is 0 Å². The van der Waals surface area contributed by atoms with Crippen molar-refractivity contribution in [3.05, 3.63) is 108 Å². The van der Waals surface area contributed by atoms with Crippen LogP contribution in [0.2, 0.25) is 0 Å². The monoisotopic (exact) mass is 495 g/mol. The average Bonchev–Trinajstić information content (AvgIpc) is 3.26. The number of aryl methyl sites for hydroxylation is 1. The molecule has 4 N–H and O–H groups in total. The van der Waals surface area contributed by atoms with Crippen LogP contribution in [-0.2, 0) is 6.54 Å². The number of nitrogens with two attached hydrogens (primary N) is 1. The van der Waals surface area contributed by atoms with Crippen LogP contribution >= 0.6 is 0 Å². The molecule has 0 radical (unpaired) electrons. The highest BCUT2D eigenvalue weighted by atomic mass is 19.1. The lowest BCUT2D eigenvalue weighted by Crippen LogP contribution is -2.25.